The normalized spacial score (nSPS) is 18.4. The maximum Gasteiger partial charge on any atom is 0.224 e. The van der Waals surface area contributed by atoms with Crippen molar-refractivity contribution in [3.8, 4) is 0 Å². The predicted octanol–water partition coefficient (Wildman–Crippen LogP) is 2.21. The van der Waals surface area contributed by atoms with Crippen LogP contribution in [-0.4, -0.2) is 12.5 Å². The monoisotopic (exact) mass is 246 g/mol. The summed E-state index contributed by atoms with van der Waals surface area (Å²) in [5.74, 6) is -0.136. The van der Waals surface area contributed by atoms with Crippen molar-refractivity contribution in [1.82, 2.24) is 5.32 Å². The highest BCUT2D eigenvalue weighted by atomic mass is 16.1. The molecule has 0 unspecified atom stereocenters. The van der Waals surface area contributed by atoms with Crippen LogP contribution in [0.4, 0.5) is 0 Å². The van der Waals surface area contributed by atoms with E-state index in [1.54, 1.807) is 0 Å². The Balaban J connectivity index is 1.88. The van der Waals surface area contributed by atoms with Gasteiger partial charge in [0.2, 0.25) is 5.91 Å². The highest BCUT2D eigenvalue weighted by molar-refractivity contribution is 5.81. The van der Waals surface area contributed by atoms with Crippen LogP contribution < -0.4 is 11.1 Å². The fourth-order valence-corrected chi connectivity index (χ4v) is 2.78. The summed E-state index contributed by atoms with van der Waals surface area (Å²) in [7, 11) is 0. The maximum absolute atomic E-state index is 11.7. The van der Waals surface area contributed by atoms with Gasteiger partial charge in [-0.1, -0.05) is 49.6 Å². The minimum absolute atomic E-state index is 0.136. The van der Waals surface area contributed by atoms with Crippen LogP contribution in [0.25, 0.3) is 0 Å². The SMILES string of the molecule is NC(=O)C1(CNCc2ccccc2)CCCCC1. The third-order valence-corrected chi connectivity index (χ3v) is 3.97. The lowest BCUT2D eigenvalue weighted by atomic mass is 9.73. The molecule has 1 aromatic rings. The molecule has 0 radical (unpaired) electrons. The Morgan fingerprint density at radius 3 is 2.44 bits per heavy atom. The molecule has 0 spiro atoms. The van der Waals surface area contributed by atoms with Gasteiger partial charge in [-0.2, -0.15) is 0 Å². The first-order chi connectivity index (χ1) is 8.73. The van der Waals surface area contributed by atoms with E-state index in [9.17, 15) is 4.79 Å². The standard InChI is InChI=1S/C15H22N2O/c16-14(18)15(9-5-2-6-10-15)12-17-11-13-7-3-1-4-8-13/h1,3-4,7-8,17H,2,5-6,9-12H2,(H2,16,18). The van der Waals surface area contributed by atoms with Crippen LogP contribution in [0.15, 0.2) is 30.3 Å². The van der Waals surface area contributed by atoms with Crippen molar-refractivity contribution < 1.29 is 4.79 Å². The van der Waals surface area contributed by atoms with Crippen molar-refractivity contribution in [2.24, 2.45) is 11.1 Å². The molecule has 0 heterocycles. The zero-order valence-electron chi connectivity index (χ0n) is 10.8. The molecule has 1 aliphatic carbocycles. The summed E-state index contributed by atoms with van der Waals surface area (Å²) < 4.78 is 0. The van der Waals surface area contributed by atoms with Gasteiger partial charge in [0.05, 0.1) is 5.41 Å². The predicted molar refractivity (Wildman–Crippen MR) is 72.9 cm³/mol. The minimum atomic E-state index is -0.312. The number of primary amides is 1. The molecule has 3 N–H and O–H groups in total. The Labute approximate surface area is 109 Å². The second kappa shape index (κ2) is 6.01. The summed E-state index contributed by atoms with van der Waals surface area (Å²) in [6.45, 7) is 1.51. The zero-order chi connectivity index (χ0) is 12.8. The first-order valence-corrected chi connectivity index (χ1v) is 6.77. The lowest BCUT2D eigenvalue weighted by Crippen LogP contribution is -2.46. The second-order valence-corrected chi connectivity index (χ2v) is 5.29. The molecule has 1 saturated carbocycles. The van der Waals surface area contributed by atoms with Crippen LogP contribution in [0.1, 0.15) is 37.7 Å². The molecule has 0 saturated heterocycles. The van der Waals surface area contributed by atoms with Gasteiger partial charge in [-0.3, -0.25) is 4.79 Å². The third-order valence-electron chi connectivity index (χ3n) is 3.97. The smallest absolute Gasteiger partial charge is 0.224 e. The van der Waals surface area contributed by atoms with E-state index in [4.69, 9.17) is 5.73 Å². The molecule has 3 nitrogen and oxygen atoms in total. The van der Waals surface area contributed by atoms with Crippen LogP contribution in [0.2, 0.25) is 0 Å². The fourth-order valence-electron chi connectivity index (χ4n) is 2.78. The maximum atomic E-state index is 11.7. The summed E-state index contributed by atoms with van der Waals surface area (Å²) in [6, 6.07) is 10.2. The third kappa shape index (κ3) is 3.10. The Bertz CT molecular complexity index is 383. The fraction of sp³-hybridized carbons (Fsp3) is 0.533. The Morgan fingerprint density at radius 1 is 1.17 bits per heavy atom. The van der Waals surface area contributed by atoms with Crippen molar-refractivity contribution in [3.63, 3.8) is 0 Å². The van der Waals surface area contributed by atoms with Crippen LogP contribution in [0.5, 0.6) is 0 Å². The van der Waals surface area contributed by atoms with E-state index in [2.05, 4.69) is 17.4 Å². The van der Waals surface area contributed by atoms with Gasteiger partial charge in [-0.25, -0.2) is 0 Å². The number of nitrogens with one attached hydrogen (secondary N) is 1. The quantitative estimate of drug-likeness (QED) is 0.837. The summed E-state index contributed by atoms with van der Waals surface area (Å²) in [5, 5.41) is 3.39. The van der Waals surface area contributed by atoms with E-state index in [-0.39, 0.29) is 11.3 Å². The molecule has 1 fully saturated rings. The average molecular weight is 246 g/mol. The summed E-state index contributed by atoms with van der Waals surface area (Å²) in [6.07, 6.45) is 5.34. The zero-order valence-corrected chi connectivity index (χ0v) is 10.8. The molecule has 18 heavy (non-hydrogen) atoms. The van der Waals surface area contributed by atoms with Gasteiger partial charge >= 0.3 is 0 Å². The van der Waals surface area contributed by atoms with E-state index in [0.717, 1.165) is 32.2 Å². The second-order valence-electron chi connectivity index (χ2n) is 5.29. The van der Waals surface area contributed by atoms with E-state index in [1.165, 1.54) is 12.0 Å². The number of rotatable bonds is 5. The number of hydrogen-bond acceptors (Lipinski definition) is 2. The first-order valence-electron chi connectivity index (χ1n) is 6.77. The van der Waals surface area contributed by atoms with Gasteiger partial charge in [-0.15, -0.1) is 0 Å². The lowest BCUT2D eigenvalue weighted by molar-refractivity contribution is -0.129. The van der Waals surface area contributed by atoms with Gasteiger partial charge in [0, 0.05) is 13.1 Å². The highest BCUT2D eigenvalue weighted by Gasteiger charge is 2.37. The van der Waals surface area contributed by atoms with Crippen molar-refractivity contribution in [2.75, 3.05) is 6.54 Å². The van der Waals surface area contributed by atoms with E-state index < -0.39 is 0 Å². The van der Waals surface area contributed by atoms with Crippen molar-refractivity contribution in [3.05, 3.63) is 35.9 Å². The summed E-state index contributed by atoms with van der Waals surface area (Å²) >= 11 is 0. The first kappa shape index (κ1) is 13.1. The summed E-state index contributed by atoms with van der Waals surface area (Å²) in [5.41, 5.74) is 6.53. The molecular weight excluding hydrogens is 224 g/mol. The van der Waals surface area contributed by atoms with Crippen LogP contribution in [0.3, 0.4) is 0 Å². The van der Waals surface area contributed by atoms with Crippen molar-refractivity contribution in [1.29, 1.82) is 0 Å². The largest absolute Gasteiger partial charge is 0.369 e. The van der Waals surface area contributed by atoms with Gasteiger partial charge in [0.25, 0.3) is 0 Å². The molecule has 0 bridgehead atoms. The van der Waals surface area contributed by atoms with Crippen molar-refractivity contribution in [2.45, 2.75) is 38.6 Å². The summed E-state index contributed by atoms with van der Waals surface area (Å²) in [4.78, 5) is 11.7. The molecule has 3 heteroatoms. The molecule has 1 aliphatic rings. The minimum Gasteiger partial charge on any atom is -0.369 e. The average Bonchev–Trinajstić information content (AvgIpc) is 2.41. The van der Waals surface area contributed by atoms with E-state index >= 15 is 0 Å². The topological polar surface area (TPSA) is 55.1 Å². The van der Waals surface area contributed by atoms with Crippen LogP contribution in [-0.2, 0) is 11.3 Å². The molecule has 0 aliphatic heterocycles. The van der Waals surface area contributed by atoms with E-state index in [0.29, 0.717) is 6.54 Å². The Kier molecular flexibility index (Phi) is 4.37. The van der Waals surface area contributed by atoms with Crippen LogP contribution >= 0.6 is 0 Å². The highest BCUT2D eigenvalue weighted by Crippen LogP contribution is 2.35. The number of carbonyl (C=O) groups is 1. The number of hydrogen-bond donors (Lipinski definition) is 2. The number of amides is 1. The molecule has 1 amide bonds. The number of benzene rings is 1. The van der Waals surface area contributed by atoms with Gasteiger partial charge in [0.15, 0.2) is 0 Å². The Hall–Kier alpha value is -1.35. The van der Waals surface area contributed by atoms with Gasteiger partial charge in [-0.05, 0) is 18.4 Å². The Morgan fingerprint density at radius 2 is 1.83 bits per heavy atom. The molecule has 1 aromatic carbocycles. The molecule has 2 rings (SSSR count). The molecule has 0 aromatic heterocycles. The van der Waals surface area contributed by atoms with Crippen molar-refractivity contribution >= 4 is 5.91 Å². The lowest BCUT2D eigenvalue weighted by Gasteiger charge is -2.34. The number of nitrogens with two attached hydrogens (primary N) is 1. The van der Waals surface area contributed by atoms with E-state index in [1.807, 2.05) is 18.2 Å². The molecular formula is C15H22N2O. The molecule has 98 valence electrons. The van der Waals surface area contributed by atoms with Crippen LogP contribution in [0, 0.1) is 5.41 Å². The number of carbonyl (C=O) groups excluding carboxylic acids is 1. The van der Waals surface area contributed by atoms with Gasteiger partial charge < -0.3 is 11.1 Å². The van der Waals surface area contributed by atoms with Gasteiger partial charge in [0.1, 0.15) is 0 Å². The molecule has 0 atom stereocenters.